The number of amides is 1. The van der Waals surface area contributed by atoms with E-state index in [1.807, 2.05) is 11.8 Å². The topological polar surface area (TPSA) is 75.5 Å². The van der Waals surface area contributed by atoms with E-state index in [0.29, 0.717) is 16.5 Å². The van der Waals surface area contributed by atoms with Gasteiger partial charge in [0.2, 0.25) is 0 Å². The van der Waals surface area contributed by atoms with Gasteiger partial charge >= 0.3 is 0 Å². The zero-order valence-corrected chi connectivity index (χ0v) is 14.1. The molecular weight excluding hydrogens is 314 g/mol. The van der Waals surface area contributed by atoms with Crippen molar-refractivity contribution in [2.45, 2.75) is 44.0 Å². The number of hydrogen-bond acceptors (Lipinski definition) is 5. The first-order valence-electron chi connectivity index (χ1n) is 7.95. The van der Waals surface area contributed by atoms with Crippen LogP contribution >= 0.6 is 11.8 Å². The Labute approximate surface area is 139 Å². The van der Waals surface area contributed by atoms with Crippen molar-refractivity contribution in [3.8, 4) is 0 Å². The van der Waals surface area contributed by atoms with Crippen molar-refractivity contribution >= 4 is 29.0 Å². The average molecular weight is 335 g/mol. The molecule has 1 aliphatic carbocycles. The van der Waals surface area contributed by atoms with Gasteiger partial charge in [0.15, 0.2) is 0 Å². The van der Waals surface area contributed by atoms with Gasteiger partial charge in [-0.05, 0) is 31.9 Å². The number of nitro benzene ring substituents is 1. The van der Waals surface area contributed by atoms with Gasteiger partial charge in [-0.15, -0.1) is 0 Å². The summed E-state index contributed by atoms with van der Waals surface area (Å²) in [5.41, 5.74) is 0.983. The molecule has 2 atom stereocenters. The second-order valence-electron chi connectivity index (χ2n) is 6.22. The third-order valence-electron chi connectivity index (χ3n) is 4.54. The standard InChI is InChI=1S/C16H21N3O3S/c1-10-11(2)23-8-7-18(10)14-6-3-12(9-15(14)19(21)22)16(20)17-13-4-5-13/h3,6,9-11,13H,4-5,7-8H2,1-2H3,(H,17,20). The predicted molar refractivity (Wildman–Crippen MR) is 92.3 cm³/mol. The quantitative estimate of drug-likeness (QED) is 0.676. The summed E-state index contributed by atoms with van der Waals surface area (Å²) in [4.78, 5) is 25.3. The lowest BCUT2D eigenvalue weighted by Crippen LogP contribution is -2.45. The maximum absolute atomic E-state index is 12.1. The van der Waals surface area contributed by atoms with Gasteiger partial charge in [-0.2, -0.15) is 11.8 Å². The summed E-state index contributed by atoms with van der Waals surface area (Å²) in [5, 5.41) is 14.8. The van der Waals surface area contributed by atoms with E-state index in [1.165, 1.54) is 6.07 Å². The molecule has 1 aliphatic heterocycles. The molecule has 1 saturated carbocycles. The van der Waals surface area contributed by atoms with E-state index in [-0.39, 0.29) is 28.6 Å². The van der Waals surface area contributed by atoms with E-state index in [2.05, 4.69) is 24.1 Å². The van der Waals surface area contributed by atoms with E-state index in [9.17, 15) is 14.9 Å². The second-order valence-corrected chi connectivity index (χ2v) is 7.70. The lowest BCUT2D eigenvalue weighted by Gasteiger charge is -2.38. The van der Waals surface area contributed by atoms with Gasteiger partial charge in [0.1, 0.15) is 5.69 Å². The molecule has 2 unspecified atom stereocenters. The number of carbonyl (C=O) groups excluding carboxylic acids is 1. The van der Waals surface area contributed by atoms with Gasteiger partial charge in [0.25, 0.3) is 11.6 Å². The monoisotopic (exact) mass is 335 g/mol. The number of benzene rings is 1. The number of anilines is 1. The van der Waals surface area contributed by atoms with Crippen molar-refractivity contribution < 1.29 is 9.72 Å². The lowest BCUT2D eigenvalue weighted by molar-refractivity contribution is -0.384. The largest absolute Gasteiger partial charge is 0.361 e. The Hall–Kier alpha value is -1.76. The fourth-order valence-corrected chi connectivity index (χ4v) is 3.92. The van der Waals surface area contributed by atoms with Gasteiger partial charge in [0.05, 0.1) is 4.92 Å². The van der Waals surface area contributed by atoms with Crippen LogP contribution < -0.4 is 10.2 Å². The van der Waals surface area contributed by atoms with Crippen molar-refractivity contribution in [2.24, 2.45) is 0 Å². The highest BCUT2D eigenvalue weighted by Crippen LogP contribution is 2.35. The number of nitrogens with zero attached hydrogens (tertiary/aromatic N) is 2. The molecular formula is C16H21N3O3S. The van der Waals surface area contributed by atoms with Crippen LogP contribution in [0, 0.1) is 10.1 Å². The minimum absolute atomic E-state index is 0.0133. The number of nitro groups is 1. The zero-order valence-electron chi connectivity index (χ0n) is 13.3. The Balaban J connectivity index is 1.90. The molecule has 0 radical (unpaired) electrons. The first-order chi connectivity index (χ1) is 11.0. The molecule has 0 aromatic heterocycles. The Bertz CT molecular complexity index is 633. The molecule has 1 amide bonds. The Morgan fingerprint density at radius 3 is 2.78 bits per heavy atom. The highest BCUT2D eigenvalue weighted by molar-refractivity contribution is 8.00. The summed E-state index contributed by atoms with van der Waals surface area (Å²) < 4.78 is 0. The van der Waals surface area contributed by atoms with Crippen LogP contribution in [0.2, 0.25) is 0 Å². The van der Waals surface area contributed by atoms with Crippen LogP contribution in [0.25, 0.3) is 0 Å². The summed E-state index contributed by atoms with van der Waals surface area (Å²) in [7, 11) is 0. The summed E-state index contributed by atoms with van der Waals surface area (Å²) in [6, 6.07) is 5.28. The average Bonchev–Trinajstić information content (AvgIpc) is 3.33. The number of thioether (sulfide) groups is 1. The van der Waals surface area contributed by atoms with E-state index in [0.717, 1.165) is 25.1 Å². The molecule has 2 fully saturated rings. The van der Waals surface area contributed by atoms with Gasteiger partial charge in [-0.3, -0.25) is 14.9 Å². The molecule has 0 bridgehead atoms. The van der Waals surface area contributed by atoms with Crippen molar-refractivity contribution in [3.63, 3.8) is 0 Å². The van der Waals surface area contributed by atoms with Crippen molar-refractivity contribution in [2.75, 3.05) is 17.2 Å². The van der Waals surface area contributed by atoms with Crippen LogP contribution in [0.15, 0.2) is 18.2 Å². The molecule has 3 rings (SSSR count). The first-order valence-corrected chi connectivity index (χ1v) is 9.00. The minimum atomic E-state index is -0.387. The molecule has 1 aromatic rings. The molecule has 6 nitrogen and oxygen atoms in total. The predicted octanol–water partition coefficient (Wildman–Crippen LogP) is 2.82. The molecule has 7 heteroatoms. The molecule has 2 aliphatic rings. The second kappa shape index (κ2) is 6.39. The molecule has 0 spiro atoms. The van der Waals surface area contributed by atoms with Crippen molar-refractivity contribution in [1.82, 2.24) is 5.32 Å². The fourth-order valence-electron chi connectivity index (χ4n) is 2.82. The van der Waals surface area contributed by atoms with Crippen LogP contribution in [0.5, 0.6) is 0 Å². The molecule has 1 aromatic carbocycles. The fraction of sp³-hybridized carbons (Fsp3) is 0.562. The number of rotatable bonds is 4. The first kappa shape index (κ1) is 16.1. The van der Waals surface area contributed by atoms with E-state index >= 15 is 0 Å². The Kier molecular flexibility index (Phi) is 4.48. The summed E-state index contributed by atoms with van der Waals surface area (Å²) in [6.45, 7) is 5.02. The molecule has 1 N–H and O–H groups in total. The summed E-state index contributed by atoms with van der Waals surface area (Å²) >= 11 is 1.89. The zero-order chi connectivity index (χ0) is 16.6. The van der Waals surface area contributed by atoms with Gasteiger partial charge < -0.3 is 10.2 Å². The van der Waals surface area contributed by atoms with Crippen LogP contribution in [-0.2, 0) is 0 Å². The van der Waals surface area contributed by atoms with Crippen LogP contribution in [-0.4, -0.2) is 40.5 Å². The van der Waals surface area contributed by atoms with Gasteiger partial charge in [0, 0.05) is 41.3 Å². The van der Waals surface area contributed by atoms with Crippen LogP contribution in [0.3, 0.4) is 0 Å². The minimum Gasteiger partial charge on any atom is -0.361 e. The van der Waals surface area contributed by atoms with E-state index in [1.54, 1.807) is 12.1 Å². The van der Waals surface area contributed by atoms with Crippen LogP contribution in [0.1, 0.15) is 37.0 Å². The number of carbonyl (C=O) groups is 1. The van der Waals surface area contributed by atoms with Crippen LogP contribution in [0.4, 0.5) is 11.4 Å². The Morgan fingerprint density at radius 1 is 1.39 bits per heavy atom. The third kappa shape index (κ3) is 3.44. The molecule has 1 heterocycles. The van der Waals surface area contributed by atoms with Gasteiger partial charge in [-0.1, -0.05) is 6.92 Å². The Morgan fingerprint density at radius 2 is 2.13 bits per heavy atom. The number of hydrogen-bond donors (Lipinski definition) is 1. The third-order valence-corrected chi connectivity index (χ3v) is 5.88. The van der Waals surface area contributed by atoms with Gasteiger partial charge in [-0.25, -0.2) is 0 Å². The molecule has 23 heavy (non-hydrogen) atoms. The smallest absolute Gasteiger partial charge is 0.293 e. The number of nitrogens with one attached hydrogen (secondary N) is 1. The lowest BCUT2D eigenvalue weighted by atomic mass is 10.1. The summed E-state index contributed by atoms with van der Waals surface area (Å²) in [5.74, 6) is 0.727. The van der Waals surface area contributed by atoms with Crippen molar-refractivity contribution in [1.29, 1.82) is 0 Å². The maximum atomic E-state index is 12.1. The highest BCUT2D eigenvalue weighted by Gasteiger charge is 2.31. The highest BCUT2D eigenvalue weighted by atomic mass is 32.2. The molecule has 1 saturated heterocycles. The van der Waals surface area contributed by atoms with E-state index < -0.39 is 0 Å². The normalized spacial score (nSPS) is 24.3. The summed E-state index contributed by atoms with van der Waals surface area (Å²) in [6.07, 6.45) is 1.99. The SMILES string of the molecule is CC1SCCN(c2ccc(C(=O)NC3CC3)cc2[N+](=O)[O-])C1C. The molecule has 124 valence electrons. The van der Waals surface area contributed by atoms with Crippen molar-refractivity contribution in [3.05, 3.63) is 33.9 Å². The van der Waals surface area contributed by atoms with E-state index in [4.69, 9.17) is 0 Å². The maximum Gasteiger partial charge on any atom is 0.293 e.